The van der Waals surface area contributed by atoms with Gasteiger partial charge in [0.1, 0.15) is 6.04 Å². The first-order valence-electron chi connectivity index (χ1n) is 7.87. The Bertz CT molecular complexity index is 894. The average molecular weight is 360 g/mol. The molecule has 2 aromatic carbocycles. The molecule has 0 unspecified atom stereocenters. The number of hydroxylamine groups is 2. The molecule has 1 atom stereocenters. The fourth-order valence-electron chi connectivity index (χ4n) is 2.97. The molecular weight excluding hydrogens is 340 g/mol. The summed E-state index contributed by atoms with van der Waals surface area (Å²) in [5.74, 6) is -0.408. The summed E-state index contributed by atoms with van der Waals surface area (Å²) in [5, 5.41) is 1.06. The highest BCUT2D eigenvalue weighted by atomic mass is 32.2. The topological polar surface area (TPSA) is 66.9 Å². The van der Waals surface area contributed by atoms with E-state index in [0.717, 1.165) is 16.2 Å². The van der Waals surface area contributed by atoms with Crippen molar-refractivity contribution in [1.82, 2.24) is 5.06 Å². The number of amides is 1. The molecule has 0 saturated carbocycles. The average Bonchev–Trinajstić information content (AvgIpc) is 3.01. The van der Waals surface area contributed by atoms with Crippen LogP contribution < -0.4 is 4.31 Å². The van der Waals surface area contributed by atoms with Gasteiger partial charge in [0.25, 0.3) is 15.9 Å². The van der Waals surface area contributed by atoms with Crippen molar-refractivity contribution in [3.8, 4) is 0 Å². The van der Waals surface area contributed by atoms with Crippen LogP contribution in [0.2, 0.25) is 0 Å². The van der Waals surface area contributed by atoms with E-state index in [-0.39, 0.29) is 4.90 Å². The minimum Gasteiger partial charge on any atom is -0.274 e. The Morgan fingerprint density at radius 3 is 2.44 bits per heavy atom. The van der Waals surface area contributed by atoms with Crippen molar-refractivity contribution in [2.24, 2.45) is 0 Å². The van der Waals surface area contributed by atoms with Crippen LogP contribution >= 0.6 is 0 Å². The summed E-state index contributed by atoms with van der Waals surface area (Å²) in [7, 11) is -1.03. The van der Waals surface area contributed by atoms with Crippen molar-refractivity contribution in [1.29, 1.82) is 0 Å². The van der Waals surface area contributed by atoms with Crippen molar-refractivity contribution in [3.63, 3.8) is 0 Å². The van der Waals surface area contributed by atoms with E-state index < -0.39 is 22.0 Å². The zero-order chi connectivity index (χ0) is 18.2. The number of nitrogens with zero attached hydrogens (tertiary/aromatic N) is 2. The van der Waals surface area contributed by atoms with Gasteiger partial charge in [0, 0.05) is 13.5 Å². The van der Waals surface area contributed by atoms with Gasteiger partial charge >= 0.3 is 0 Å². The third-order valence-corrected chi connectivity index (χ3v) is 6.21. The van der Waals surface area contributed by atoms with Crippen LogP contribution in [0, 0.1) is 6.92 Å². The fraction of sp³-hybridized carbons (Fsp3) is 0.278. The summed E-state index contributed by atoms with van der Waals surface area (Å²) in [4.78, 5) is 17.8. The van der Waals surface area contributed by atoms with Gasteiger partial charge < -0.3 is 0 Å². The van der Waals surface area contributed by atoms with Gasteiger partial charge in [0.2, 0.25) is 0 Å². The Balaban J connectivity index is 2.11. The first kappa shape index (κ1) is 17.4. The van der Waals surface area contributed by atoms with Crippen molar-refractivity contribution < 1.29 is 18.0 Å². The summed E-state index contributed by atoms with van der Waals surface area (Å²) >= 11 is 0. The molecule has 0 bridgehead atoms. The first-order chi connectivity index (χ1) is 11.9. The van der Waals surface area contributed by atoms with Crippen LogP contribution in [0.3, 0.4) is 0 Å². The molecule has 132 valence electrons. The highest BCUT2D eigenvalue weighted by molar-refractivity contribution is 7.93. The standard InChI is InChI=1S/C18H20N2O4S/c1-13-8-10-15(11-9-13)25(22,23)20-16-7-5-4-6-14(16)12-17(20)18(21)19(2)24-3/h4-11,17H,12H2,1-3H3/t17-/m0/s1. The van der Waals surface area contributed by atoms with E-state index in [1.165, 1.54) is 18.5 Å². The molecule has 0 fully saturated rings. The van der Waals surface area contributed by atoms with E-state index in [1.807, 2.05) is 19.1 Å². The highest BCUT2D eigenvalue weighted by Crippen LogP contribution is 2.37. The summed E-state index contributed by atoms with van der Waals surface area (Å²) in [6.07, 6.45) is 0.313. The minimum atomic E-state index is -3.87. The number of hydrogen-bond donors (Lipinski definition) is 0. The Hall–Kier alpha value is -2.38. The Morgan fingerprint density at radius 1 is 1.16 bits per heavy atom. The van der Waals surface area contributed by atoms with Crippen LogP contribution in [-0.2, 0) is 26.1 Å². The quantitative estimate of drug-likeness (QED) is 0.784. The van der Waals surface area contributed by atoms with Crippen LogP contribution in [-0.4, -0.2) is 39.6 Å². The van der Waals surface area contributed by atoms with Crippen molar-refractivity contribution in [2.75, 3.05) is 18.5 Å². The molecule has 7 heteroatoms. The van der Waals surface area contributed by atoms with Gasteiger partial charge in [-0.15, -0.1) is 0 Å². The number of fused-ring (bicyclic) bond motifs is 1. The Kier molecular flexibility index (Phi) is 4.53. The Morgan fingerprint density at radius 2 is 1.80 bits per heavy atom. The molecule has 6 nitrogen and oxygen atoms in total. The highest BCUT2D eigenvalue weighted by Gasteiger charge is 2.43. The Labute approximate surface area is 147 Å². The normalized spacial score (nSPS) is 16.6. The lowest BCUT2D eigenvalue weighted by atomic mass is 10.1. The number of hydrogen-bond acceptors (Lipinski definition) is 4. The lowest BCUT2D eigenvalue weighted by molar-refractivity contribution is -0.169. The van der Waals surface area contributed by atoms with Gasteiger partial charge in [0.15, 0.2) is 0 Å². The number of sulfonamides is 1. The van der Waals surface area contributed by atoms with Gasteiger partial charge in [-0.05, 0) is 30.7 Å². The van der Waals surface area contributed by atoms with Crippen molar-refractivity contribution in [2.45, 2.75) is 24.3 Å². The van der Waals surface area contributed by atoms with E-state index in [1.54, 1.807) is 36.4 Å². The van der Waals surface area contributed by atoms with Gasteiger partial charge in [-0.25, -0.2) is 13.5 Å². The summed E-state index contributed by atoms with van der Waals surface area (Å²) in [5.41, 5.74) is 2.32. The maximum absolute atomic E-state index is 13.2. The molecular formula is C18H20N2O4S. The van der Waals surface area contributed by atoms with E-state index in [0.29, 0.717) is 12.1 Å². The number of para-hydroxylation sites is 1. The van der Waals surface area contributed by atoms with E-state index in [4.69, 9.17) is 4.84 Å². The SMILES string of the molecule is CON(C)C(=O)[C@@H]1Cc2ccccc2N1S(=O)(=O)c1ccc(C)cc1. The largest absolute Gasteiger partial charge is 0.274 e. The van der Waals surface area contributed by atoms with Crippen molar-refractivity contribution in [3.05, 3.63) is 59.7 Å². The smallest absolute Gasteiger partial charge is 0.270 e. The molecule has 25 heavy (non-hydrogen) atoms. The third-order valence-electron chi connectivity index (χ3n) is 4.37. The lowest BCUT2D eigenvalue weighted by Gasteiger charge is -2.28. The van der Waals surface area contributed by atoms with Crippen LogP contribution in [0.15, 0.2) is 53.4 Å². The second kappa shape index (κ2) is 6.50. The first-order valence-corrected chi connectivity index (χ1v) is 9.31. The number of benzene rings is 2. The molecule has 0 N–H and O–H groups in total. The number of carbonyl (C=O) groups is 1. The second-order valence-electron chi connectivity index (χ2n) is 5.98. The molecule has 1 aliphatic rings. The molecule has 1 amide bonds. The van der Waals surface area contributed by atoms with Gasteiger partial charge in [-0.1, -0.05) is 35.9 Å². The monoisotopic (exact) mass is 360 g/mol. The molecule has 0 saturated heterocycles. The molecule has 0 aliphatic carbocycles. The van der Waals surface area contributed by atoms with Crippen LogP contribution in [0.5, 0.6) is 0 Å². The number of aryl methyl sites for hydroxylation is 1. The molecule has 1 heterocycles. The van der Waals surface area contributed by atoms with Gasteiger partial charge in [-0.2, -0.15) is 0 Å². The summed E-state index contributed by atoms with van der Waals surface area (Å²) < 4.78 is 27.7. The predicted octanol–water partition coefficient (Wildman–Crippen LogP) is 2.13. The van der Waals surface area contributed by atoms with E-state index in [2.05, 4.69) is 0 Å². The van der Waals surface area contributed by atoms with Crippen molar-refractivity contribution >= 4 is 21.6 Å². The fourth-order valence-corrected chi connectivity index (χ4v) is 4.61. The van der Waals surface area contributed by atoms with Gasteiger partial charge in [-0.3, -0.25) is 13.9 Å². The molecule has 0 spiro atoms. The zero-order valence-corrected chi connectivity index (χ0v) is 15.2. The van der Waals surface area contributed by atoms with Gasteiger partial charge in [0.05, 0.1) is 17.7 Å². The molecule has 1 aliphatic heterocycles. The number of carbonyl (C=O) groups excluding carboxylic acids is 1. The van der Waals surface area contributed by atoms with Crippen LogP contribution in [0.25, 0.3) is 0 Å². The minimum absolute atomic E-state index is 0.160. The van der Waals surface area contributed by atoms with E-state index >= 15 is 0 Å². The van der Waals surface area contributed by atoms with Crippen LogP contribution in [0.4, 0.5) is 5.69 Å². The maximum atomic E-state index is 13.2. The third kappa shape index (κ3) is 3.01. The lowest BCUT2D eigenvalue weighted by Crippen LogP contribution is -2.48. The molecule has 2 aromatic rings. The van der Waals surface area contributed by atoms with Crippen LogP contribution in [0.1, 0.15) is 11.1 Å². The summed E-state index contributed by atoms with van der Waals surface area (Å²) in [6.45, 7) is 1.89. The number of likely N-dealkylation sites (N-methyl/N-ethyl adjacent to an activating group) is 1. The maximum Gasteiger partial charge on any atom is 0.270 e. The summed E-state index contributed by atoms with van der Waals surface area (Å²) in [6, 6.07) is 12.9. The second-order valence-corrected chi connectivity index (χ2v) is 7.80. The zero-order valence-electron chi connectivity index (χ0n) is 14.3. The van der Waals surface area contributed by atoms with E-state index in [9.17, 15) is 13.2 Å². The number of rotatable bonds is 4. The molecule has 0 radical (unpaired) electrons. The predicted molar refractivity (Wildman–Crippen MR) is 94.6 cm³/mol. The molecule has 3 rings (SSSR count). The molecule has 0 aromatic heterocycles. The number of anilines is 1.